The third-order valence-corrected chi connectivity index (χ3v) is 2.64. The lowest BCUT2D eigenvalue weighted by Crippen LogP contribution is -2.43. The summed E-state index contributed by atoms with van der Waals surface area (Å²) in [4.78, 5) is 11.1. The average molecular weight is 271 g/mol. The van der Waals surface area contributed by atoms with Crippen molar-refractivity contribution in [3.05, 3.63) is 35.4 Å². The molecule has 106 valence electrons. The SMILES string of the molecule is CCC(=O)OCC(C)(C)NCc1ccc(F)c(F)c1. The number of halogens is 2. The summed E-state index contributed by atoms with van der Waals surface area (Å²) in [6.07, 6.45) is 0.333. The van der Waals surface area contributed by atoms with Gasteiger partial charge in [-0.25, -0.2) is 8.78 Å². The van der Waals surface area contributed by atoms with Crippen molar-refractivity contribution in [2.24, 2.45) is 0 Å². The summed E-state index contributed by atoms with van der Waals surface area (Å²) >= 11 is 0. The van der Waals surface area contributed by atoms with E-state index < -0.39 is 17.2 Å². The largest absolute Gasteiger partial charge is 0.464 e. The third kappa shape index (κ3) is 5.34. The first-order valence-corrected chi connectivity index (χ1v) is 6.18. The Morgan fingerprint density at radius 2 is 2.00 bits per heavy atom. The van der Waals surface area contributed by atoms with Gasteiger partial charge in [0.15, 0.2) is 11.6 Å². The van der Waals surface area contributed by atoms with Gasteiger partial charge in [-0.3, -0.25) is 4.79 Å². The second-order valence-corrected chi connectivity index (χ2v) is 5.00. The molecule has 1 aromatic rings. The predicted octanol–water partition coefficient (Wildman–Crippen LogP) is 2.79. The predicted molar refractivity (Wildman–Crippen MR) is 68.5 cm³/mol. The van der Waals surface area contributed by atoms with Crippen molar-refractivity contribution >= 4 is 5.97 Å². The van der Waals surface area contributed by atoms with E-state index in [-0.39, 0.29) is 12.6 Å². The lowest BCUT2D eigenvalue weighted by molar-refractivity contribution is -0.145. The number of benzene rings is 1. The van der Waals surface area contributed by atoms with Crippen LogP contribution in [0.1, 0.15) is 32.8 Å². The van der Waals surface area contributed by atoms with Gasteiger partial charge in [-0.1, -0.05) is 13.0 Å². The van der Waals surface area contributed by atoms with Crippen molar-refractivity contribution < 1.29 is 18.3 Å². The van der Waals surface area contributed by atoms with Gasteiger partial charge < -0.3 is 10.1 Å². The number of rotatable bonds is 6. The summed E-state index contributed by atoms with van der Waals surface area (Å²) < 4.78 is 30.8. The van der Waals surface area contributed by atoms with Crippen molar-refractivity contribution in [1.29, 1.82) is 0 Å². The molecule has 0 aliphatic carbocycles. The van der Waals surface area contributed by atoms with E-state index in [1.165, 1.54) is 6.07 Å². The molecule has 0 aromatic heterocycles. The molecule has 0 amide bonds. The maximum absolute atomic E-state index is 13.0. The quantitative estimate of drug-likeness (QED) is 0.809. The van der Waals surface area contributed by atoms with Gasteiger partial charge in [0.05, 0.1) is 0 Å². The van der Waals surface area contributed by atoms with Gasteiger partial charge in [-0.15, -0.1) is 0 Å². The highest BCUT2D eigenvalue weighted by Crippen LogP contribution is 2.11. The Morgan fingerprint density at radius 3 is 2.58 bits per heavy atom. The molecule has 3 nitrogen and oxygen atoms in total. The molecule has 5 heteroatoms. The Hall–Kier alpha value is -1.49. The highest BCUT2D eigenvalue weighted by molar-refractivity contribution is 5.68. The second-order valence-electron chi connectivity index (χ2n) is 5.00. The summed E-state index contributed by atoms with van der Waals surface area (Å²) in [5.41, 5.74) is 0.198. The first-order chi connectivity index (χ1) is 8.84. The van der Waals surface area contributed by atoms with E-state index in [1.807, 2.05) is 13.8 Å². The molecule has 0 fully saturated rings. The first kappa shape index (κ1) is 15.6. The van der Waals surface area contributed by atoms with Crippen LogP contribution in [0.5, 0.6) is 0 Å². The highest BCUT2D eigenvalue weighted by atomic mass is 19.2. The van der Waals surface area contributed by atoms with Gasteiger partial charge >= 0.3 is 5.97 Å². The van der Waals surface area contributed by atoms with Crippen LogP contribution in [-0.4, -0.2) is 18.1 Å². The molecule has 0 bridgehead atoms. The van der Waals surface area contributed by atoms with E-state index in [0.717, 1.165) is 12.1 Å². The molecular formula is C14H19F2NO2. The Balaban J connectivity index is 2.49. The van der Waals surface area contributed by atoms with Gasteiger partial charge in [-0.2, -0.15) is 0 Å². The lowest BCUT2D eigenvalue weighted by atomic mass is 10.1. The molecule has 0 unspecified atom stereocenters. The minimum atomic E-state index is -0.866. The second kappa shape index (κ2) is 6.61. The van der Waals surface area contributed by atoms with Crippen LogP contribution < -0.4 is 5.32 Å². The molecule has 0 heterocycles. The average Bonchev–Trinajstić information content (AvgIpc) is 2.37. The summed E-state index contributed by atoms with van der Waals surface area (Å²) in [7, 11) is 0. The molecule has 19 heavy (non-hydrogen) atoms. The van der Waals surface area contributed by atoms with Crippen molar-refractivity contribution in [2.75, 3.05) is 6.61 Å². The number of hydrogen-bond donors (Lipinski definition) is 1. The number of carbonyl (C=O) groups excluding carboxylic acids is 1. The standard InChI is InChI=1S/C14H19F2NO2/c1-4-13(18)19-9-14(2,3)17-8-10-5-6-11(15)12(16)7-10/h5-7,17H,4,8-9H2,1-3H3. The molecule has 0 saturated carbocycles. The smallest absolute Gasteiger partial charge is 0.305 e. The minimum absolute atomic E-state index is 0.226. The fraction of sp³-hybridized carbons (Fsp3) is 0.500. The van der Waals surface area contributed by atoms with Crippen LogP contribution >= 0.6 is 0 Å². The van der Waals surface area contributed by atoms with Gasteiger partial charge in [0.1, 0.15) is 6.61 Å². The van der Waals surface area contributed by atoms with Crippen molar-refractivity contribution in [3.8, 4) is 0 Å². The number of nitrogens with one attached hydrogen (secondary N) is 1. The van der Waals surface area contributed by atoms with Gasteiger partial charge in [0, 0.05) is 18.5 Å². The number of ether oxygens (including phenoxy) is 1. The maximum atomic E-state index is 13.0. The van der Waals surface area contributed by atoms with E-state index >= 15 is 0 Å². The van der Waals surface area contributed by atoms with Crippen LogP contribution in [0.25, 0.3) is 0 Å². The molecule has 1 N–H and O–H groups in total. The first-order valence-electron chi connectivity index (χ1n) is 6.18. The summed E-state index contributed by atoms with van der Waals surface area (Å²) in [5, 5.41) is 3.14. The normalized spacial score (nSPS) is 11.4. The van der Waals surface area contributed by atoms with E-state index in [9.17, 15) is 13.6 Å². The zero-order valence-electron chi connectivity index (χ0n) is 11.4. The van der Waals surface area contributed by atoms with Crippen LogP contribution in [0, 0.1) is 11.6 Å². The Kier molecular flexibility index (Phi) is 5.42. The minimum Gasteiger partial charge on any atom is -0.464 e. The zero-order chi connectivity index (χ0) is 14.5. The molecule has 0 aliphatic rings. The molecule has 0 aliphatic heterocycles. The molecule has 1 aromatic carbocycles. The van der Waals surface area contributed by atoms with Crippen LogP contribution in [0.3, 0.4) is 0 Å². The summed E-state index contributed by atoms with van der Waals surface area (Å²) in [6.45, 7) is 6.06. The molecule has 0 spiro atoms. The van der Waals surface area contributed by atoms with Crippen LogP contribution in [0.15, 0.2) is 18.2 Å². The van der Waals surface area contributed by atoms with E-state index in [0.29, 0.717) is 18.5 Å². The van der Waals surface area contributed by atoms with Gasteiger partial charge in [0.2, 0.25) is 0 Å². The molecule has 0 atom stereocenters. The van der Waals surface area contributed by atoms with Gasteiger partial charge in [-0.05, 0) is 31.5 Å². The van der Waals surface area contributed by atoms with E-state index in [2.05, 4.69) is 5.32 Å². The molecule has 0 saturated heterocycles. The molecule has 0 radical (unpaired) electrons. The summed E-state index contributed by atoms with van der Waals surface area (Å²) in [5.74, 6) is -1.99. The monoisotopic (exact) mass is 271 g/mol. The van der Waals surface area contributed by atoms with Crippen LogP contribution in [0.2, 0.25) is 0 Å². The molecular weight excluding hydrogens is 252 g/mol. The molecule has 1 rings (SSSR count). The Morgan fingerprint density at radius 1 is 1.32 bits per heavy atom. The third-order valence-electron chi connectivity index (χ3n) is 2.64. The maximum Gasteiger partial charge on any atom is 0.305 e. The fourth-order valence-corrected chi connectivity index (χ4v) is 1.40. The van der Waals surface area contributed by atoms with Crippen LogP contribution in [-0.2, 0) is 16.1 Å². The number of hydrogen-bond acceptors (Lipinski definition) is 3. The number of carbonyl (C=O) groups is 1. The Bertz CT molecular complexity index is 447. The van der Waals surface area contributed by atoms with Gasteiger partial charge in [0.25, 0.3) is 0 Å². The topological polar surface area (TPSA) is 38.3 Å². The Labute approximate surface area is 112 Å². The van der Waals surface area contributed by atoms with Crippen molar-refractivity contribution in [2.45, 2.75) is 39.3 Å². The van der Waals surface area contributed by atoms with Crippen molar-refractivity contribution in [1.82, 2.24) is 5.32 Å². The zero-order valence-corrected chi connectivity index (χ0v) is 11.4. The van der Waals surface area contributed by atoms with E-state index in [4.69, 9.17) is 4.74 Å². The van der Waals surface area contributed by atoms with E-state index in [1.54, 1.807) is 6.92 Å². The highest BCUT2D eigenvalue weighted by Gasteiger charge is 2.19. The summed E-state index contributed by atoms with van der Waals surface area (Å²) in [6, 6.07) is 3.76. The van der Waals surface area contributed by atoms with Crippen molar-refractivity contribution in [3.63, 3.8) is 0 Å². The fourth-order valence-electron chi connectivity index (χ4n) is 1.40. The number of esters is 1. The van der Waals surface area contributed by atoms with Crippen LogP contribution in [0.4, 0.5) is 8.78 Å². The lowest BCUT2D eigenvalue weighted by Gasteiger charge is -2.26.